The smallest absolute Gasteiger partial charge is 0.422 e. The van der Waals surface area contributed by atoms with Crippen LogP contribution in [0.2, 0.25) is 0 Å². The van der Waals surface area contributed by atoms with E-state index in [4.69, 9.17) is 4.74 Å². The van der Waals surface area contributed by atoms with Gasteiger partial charge in [0.25, 0.3) is 5.69 Å². The van der Waals surface area contributed by atoms with E-state index in [2.05, 4.69) is 0 Å². The van der Waals surface area contributed by atoms with E-state index in [1.807, 2.05) is 0 Å². The Bertz CT molecular complexity index is 1920. The van der Waals surface area contributed by atoms with E-state index in [-0.39, 0.29) is 60.6 Å². The minimum Gasteiger partial charge on any atom is -0.463 e. The zero-order valence-corrected chi connectivity index (χ0v) is 26.8. The van der Waals surface area contributed by atoms with Gasteiger partial charge in [0.15, 0.2) is 9.84 Å². The van der Waals surface area contributed by atoms with Gasteiger partial charge in [-0.05, 0) is 68.3 Å². The summed E-state index contributed by atoms with van der Waals surface area (Å²) in [6.07, 6.45) is -1.12. The lowest BCUT2D eigenvalue weighted by Crippen LogP contribution is -2.53. The van der Waals surface area contributed by atoms with Gasteiger partial charge in [0.2, 0.25) is 5.60 Å². The van der Waals surface area contributed by atoms with Crippen molar-refractivity contribution < 1.29 is 41.2 Å². The molecule has 1 aliphatic rings. The van der Waals surface area contributed by atoms with Gasteiger partial charge in [0.05, 0.1) is 27.2 Å². The normalized spacial score (nSPS) is 16.3. The van der Waals surface area contributed by atoms with Gasteiger partial charge in [0, 0.05) is 48.4 Å². The molecule has 0 aliphatic carbocycles. The average molecular weight is 686 g/mol. The summed E-state index contributed by atoms with van der Waals surface area (Å²) in [4.78, 5) is 23.9. The number of likely N-dealkylation sites (tertiary alicyclic amines) is 1. The molecule has 1 aliphatic heterocycles. The van der Waals surface area contributed by atoms with E-state index in [0.717, 1.165) is 11.6 Å². The number of sulfone groups is 1. The van der Waals surface area contributed by atoms with Crippen LogP contribution in [0.1, 0.15) is 36.5 Å². The van der Waals surface area contributed by atoms with E-state index in [9.17, 15) is 41.6 Å². The highest BCUT2D eigenvalue weighted by Crippen LogP contribution is 2.44. The van der Waals surface area contributed by atoms with Gasteiger partial charge < -0.3 is 14.4 Å². The maximum atomic E-state index is 14.9. The number of carbonyl (C=O) groups is 1. The maximum Gasteiger partial charge on any atom is 0.422 e. The second-order valence-corrected chi connectivity index (χ2v) is 13.9. The zero-order chi connectivity index (χ0) is 34.7. The number of β-amino-alcohol motifs (C(OH)–C–C–N with tert-alkyl or cyclic N) is 1. The van der Waals surface area contributed by atoms with Gasteiger partial charge in [-0.3, -0.25) is 15.0 Å². The lowest BCUT2D eigenvalue weighted by Gasteiger charge is -2.38. The number of carbonyl (C=O) groups excluding carboxylic acids is 1. The van der Waals surface area contributed by atoms with Crippen LogP contribution in [0.4, 0.5) is 18.9 Å². The number of halogens is 3. The Balaban J connectivity index is 1.37. The summed E-state index contributed by atoms with van der Waals surface area (Å²) < 4.78 is 77.7. The molecule has 1 aromatic heterocycles. The summed E-state index contributed by atoms with van der Waals surface area (Å²) in [5.41, 5.74) is -2.61. The van der Waals surface area contributed by atoms with Crippen molar-refractivity contribution in [3.63, 3.8) is 0 Å². The Hall–Kier alpha value is -4.53. The lowest BCUT2D eigenvalue weighted by atomic mass is 9.91. The van der Waals surface area contributed by atoms with E-state index in [1.54, 1.807) is 49.4 Å². The van der Waals surface area contributed by atoms with Gasteiger partial charge in [-0.2, -0.15) is 13.2 Å². The third kappa shape index (κ3) is 7.30. The number of nitro benzene ring substituents is 1. The number of hydrogen-bond acceptors (Lipinski definition) is 8. The van der Waals surface area contributed by atoms with Crippen molar-refractivity contribution in [1.82, 2.24) is 9.47 Å². The molecule has 0 spiro atoms. The van der Waals surface area contributed by atoms with Crippen LogP contribution >= 0.6 is 0 Å². The van der Waals surface area contributed by atoms with Crippen molar-refractivity contribution in [2.24, 2.45) is 0 Å². The molecule has 10 nitrogen and oxygen atoms in total. The van der Waals surface area contributed by atoms with E-state index < -0.39 is 49.9 Å². The third-order valence-corrected chi connectivity index (χ3v) is 10.8. The average Bonchev–Trinajstić information content (AvgIpc) is 3.42. The Morgan fingerprint density at radius 3 is 2.33 bits per heavy atom. The summed E-state index contributed by atoms with van der Waals surface area (Å²) in [7, 11) is -3.82. The van der Waals surface area contributed by atoms with Crippen molar-refractivity contribution >= 4 is 38.5 Å². The number of non-ortho nitro benzene ring substituents is 1. The van der Waals surface area contributed by atoms with Crippen molar-refractivity contribution in [2.45, 2.75) is 48.2 Å². The molecule has 1 N–H and O–H groups in total. The fourth-order valence-electron chi connectivity index (χ4n) is 5.98. The molecule has 1 fully saturated rings. The standard InChI is InChI=1S/C34H34F3N3O7S/c1-2-47-32(41)15-10-24-8-12-27(13-9-24)48(45,46)28-16-18-38(19-17-28)23-33(42,34(35,36)37)30-22-39(21-25-6-4-3-5-7-25)31-20-26(40(43)44)11-14-29(30)31/h3-15,20,22,28,42H,2,16-19,21,23H2,1H3/b15-10-. The van der Waals surface area contributed by atoms with Crippen molar-refractivity contribution in [1.29, 1.82) is 0 Å². The molecule has 1 saturated heterocycles. The van der Waals surface area contributed by atoms with Crippen LogP contribution < -0.4 is 0 Å². The molecule has 0 saturated carbocycles. The van der Waals surface area contributed by atoms with Gasteiger partial charge in [-0.25, -0.2) is 13.2 Å². The van der Waals surface area contributed by atoms with Crippen LogP contribution in [0.15, 0.2) is 90.0 Å². The molecule has 0 bridgehead atoms. The summed E-state index contributed by atoms with van der Waals surface area (Å²) in [5.74, 6) is -0.528. The molecule has 14 heteroatoms. The first-order valence-corrected chi connectivity index (χ1v) is 16.8. The number of alkyl halides is 3. The maximum absolute atomic E-state index is 14.9. The van der Waals surface area contributed by atoms with Crippen LogP contribution in [0, 0.1) is 10.1 Å². The SMILES string of the molecule is CCOC(=O)/C=C\c1ccc(S(=O)(=O)C2CCN(CC(O)(c3cn(Cc4ccccc4)c4cc([N+](=O)[O-])ccc34)C(F)(F)F)CC2)cc1. The van der Waals surface area contributed by atoms with Gasteiger partial charge in [-0.15, -0.1) is 0 Å². The number of benzene rings is 3. The largest absolute Gasteiger partial charge is 0.463 e. The predicted octanol–water partition coefficient (Wildman–Crippen LogP) is 5.86. The second kappa shape index (κ2) is 13.9. The highest BCUT2D eigenvalue weighted by Gasteiger charge is 2.57. The van der Waals surface area contributed by atoms with Crippen LogP contribution in [-0.2, 0) is 31.5 Å². The van der Waals surface area contributed by atoms with Crippen LogP contribution in [0.5, 0.6) is 0 Å². The van der Waals surface area contributed by atoms with E-state index >= 15 is 0 Å². The summed E-state index contributed by atoms with van der Waals surface area (Å²) >= 11 is 0. The van der Waals surface area contributed by atoms with E-state index in [1.165, 1.54) is 52.1 Å². The van der Waals surface area contributed by atoms with Crippen LogP contribution in [0.25, 0.3) is 17.0 Å². The molecule has 4 aromatic rings. The molecule has 3 aromatic carbocycles. The molecule has 2 heterocycles. The summed E-state index contributed by atoms with van der Waals surface area (Å²) in [5, 5.41) is 22.2. The molecule has 5 rings (SSSR count). The Labute approximate surface area is 275 Å². The third-order valence-electron chi connectivity index (χ3n) is 8.52. The molecule has 1 atom stereocenters. The Kier molecular flexibility index (Phi) is 10.1. The number of aromatic nitrogens is 1. The topological polar surface area (TPSA) is 132 Å². The first-order chi connectivity index (χ1) is 22.7. The second-order valence-electron chi connectivity index (χ2n) is 11.6. The molecular formula is C34H34F3N3O7S. The van der Waals surface area contributed by atoms with Crippen LogP contribution in [-0.4, -0.2) is 71.6 Å². The van der Waals surface area contributed by atoms with E-state index in [0.29, 0.717) is 5.56 Å². The highest BCUT2D eigenvalue weighted by atomic mass is 32.2. The minimum atomic E-state index is -5.13. The summed E-state index contributed by atoms with van der Waals surface area (Å²) in [6, 6.07) is 18.3. The zero-order valence-electron chi connectivity index (χ0n) is 26.0. The molecule has 0 amide bonds. The fourth-order valence-corrected chi connectivity index (χ4v) is 7.71. The quantitative estimate of drug-likeness (QED) is 0.0899. The first kappa shape index (κ1) is 34.8. The van der Waals surface area contributed by atoms with Crippen molar-refractivity contribution in [2.75, 3.05) is 26.2 Å². The Morgan fingerprint density at radius 2 is 1.73 bits per heavy atom. The van der Waals surface area contributed by atoms with Gasteiger partial charge >= 0.3 is 12.1 Å². The molecule has 48 heavy (non-hydrogen) atoms. The number of hydrogen-bond donors (Lipinski definition) is 1. The van der Waals surface area contributed by atoms with Crippen LogP contribution in [0.3, 0.4) is 0 Å². The van der Waals surface area contributed by atoms with Crippen molar-refractivity contribution in [3.8, 4) is 0 Å². The summed E-state index contributed by atoms with van der Waals surface area (Å²) in [6.45, 7) is 1.12. The molecule has 1 unspecified atom stereocenters. The molecular weight excluding hydrogens is 651 g/mol. The lowest BCUT2D eigenvalue weighted by molar-refractivity contribution is -0.384. The van der Waals surface area contributed by atoms with Gasteiger partial charge in [-0.1, -0.05) is 42.5 Å². The minimum absolute atomic E-state index is 0.0171. The number of rotatable bonds is 11. The number of nitrogens with zero attached hydrogens (tertiary/aromatic N) is 3. The number of esters is 1. The fraction of sp³-hybridized carbons (Fsp3) is 0.324. The molecule has 0 radical (unpaired) electrons. The number of ether oxygens (including phenoxy) is 1. The molecule has 254 valence electrons. The number of aliphatic hydroxyl groups is 1. The monoisotopic (exact) mass is 685 g/mol. The number of fused-ring (bicyclic) bond motifs is 1. The highest BCUT2D eigenvalue weighted by molar-refractivity contribution is 7.92. The first-order valence-electron chi connectivity index (χ1n) is 15.2. The predicted molar refractivity (Wildman–Crippen MR) is 173 cm³/mol. The Morgan fingerprint density at radius 1 is 1.06 bits per heavy atom. The number of nitro groups is 1. The van der Waals surface area contributed by atoms with Crippen molar-refractivity contribution in [3.05, 3.63) is 112 Å². The van der Waals surface area contributed by atoms with Gasteiger partial charge in [0.1, 0.15) is 0 Å². The number of piperidine rings is 1.